The molecule has 2 heterocycles. The maximum Gasteiger partial charge on any atom is 0.242 e. The van der Waals surface area contributed by atoms with Gasteiger partial charge < -0.3 is 9.84 Å². The molecule has 2 aromatic rings. The second kappa shape index (κ2) is 7.36. The summed E-state index contributed by atoms with van der Waals surface area (Å²) in [6.07, 6.45) is 1.48. The van der Waals surface area contributed by atoms with Crippen molar-refractivity contribution in [1.29, 1.82) is 0 Å². The first-order valence-electron chi connectivity index (χ1n) is 8.00. The van der Waals surface area contributed by atoms with Crippen molar-refractivity contribution in [3.63, 3.8) is 0 Å². The minimum absolute atomic E-state index is 0.0355. The molecule has 2 atom stereocenters. The highest BCUT2D eigenvalue weighted by atomic mass is 32.2. The summed E-state index contributed by atoms with van der Waals surface area (Å²) < 4.78 is 18.9. The number of aryl methyl sites for hydroxylation is 1. The third-order valence-electron chi connectivity index (χ3n) is 4.03. The van der Waals surface area contributed by atoms with Crippen LogP contribution in [0.5, 0.6) is 0 Å². The molecule has 1 aliphatic heterocycles. The van der Waals surface area contributed by atoms with E-state index in [2.05, 4.69) is 15.8 Å². The maximum atomic E-state index is 14.0. The van der Waals surface area contributed by atoms with Gasteiger partial charge in [0.1, 0.15) is 11.6 Å². The number of hydrogen-bond donors (Lipinski definition) is 2. The maximum absolute atomic E-state index is 14.0. The highest BCUT2D eigenvalue weighted by Crippen LogP contribution is 2.38. The minimum Gasteiger partial charge on any atom is -0.360 e. The minimum atomic E-state index is -0.383. The number of hydrogen-bond acceptors (Lipinski definition) is 5. The van der Waals surface area contributed by atoms with E-state index in [1.54, 1.807) is 19.1 Å². The number of fused-ring (bicyclic) bond motifs is 1. The van der Waals surface area contributed by atoms with Crippen molar-refractivity contribution < 1.29 is 13.7 Å². The molecule has 2 unspecified atom stereocenters. The number of amides is 1. The van der Waals surface area contributed by atoms with Crippen molar-refractivity contribution in [2.45, 2.75) is 43.7 Å². The van der Waals surface area contributed by atoms with Gasteiger partial charge >= 0.3 is 0 Å². The lowest BCUT2D eigenvalue weighted by molar-refractivity contribution is -0.118. The van der Waals surface area contributed by atoms with Gasteiger partial charge in [-0.2, -0.15) is 0 Å². The monoisotopic (exact) mass is 349 g/mol. The third-order valence-corrected chi connectivity index (χ3v) is 5.19. The first kappa shape index (κ1) is 17.0. The number of benzene rings is 1. The molecule has 0 fully saturated rings. The summed E-state index contributed by atoms with van der Waals surface area (Å²) in [4.78, 5) is 13.2. The van der Waals surface area contributed by atoms with Gasteiger partial charge in [-0.1, -0.05) is 24.2 Å². The first-order valence-corrected chi connectivity index (χ1v) is 8.98. The fourth-order valence-corrected chi connectivity index (χ4v) is 3.96. The average Bonchev–Trinajstić information content (AvgIpc) is 2.98. The molecule has 0 radical (unpaired) electrons. The SMILES string of the molecule is CCC(NC1CCSc2c(F)cccc21)C(=O)Nc1cc(C)on1. The van der Waals surface area contributed by atoms with Gasteiger partial charge in [-0.3, -0.25) is 10.1 Å². The van der Waals surface area contributed by atoms with Crippen molar-refractivity contribution in [2.75, 3.05) is 11.1 Å². The van der Waals surface area contributed by atoms with Crippen LogP contribution in [-0.4, -0.2) is 22.9 Å². The number of halogens is 1. The lowest BCUT2D eigenvalue weighted by Gasteiger charge is -2.29. The largest absolute Gasteiger partial charge is 0.360 e. The fourth-order valence-electron chi connectivity index (χ4n) is 2.82. The molecule has 2 N–H and O–H groups in total. The van der Waals surface area contributed by atoms with E-state index in [1.807, 2.05) is 13.0 Å². The highest BCUT2D eigenvalue weighted by molar-refractivity contribution is 7.99. The lowest BCUT2D eigenvalue weighted by Crippen LogP contribution is -2.42. The normalized spacial score (nSPS) is 18.0. The summed E-state index contributed by atoms with van der Waals surface area (Å²) in [7, 11) is 0. The number of aromatic nitrogens is 1. The predicted octanol–water partition coefficient (Wildman–Crippen LogP) is 3.67. The molecule has 0 aliphatic carbocycles. The Kier molecular flexibility index (Phi) is 5.20. The fraction of sp³-hybridized carbons (Fsp3) is 0.412. The Morgan fingerprint density at radius 3 is 3.08 bits per heavy atom. The van der Waals surface area contributed by atoms with E-state index in [4.69, 9.17) is 4.52 Å². The molecule has 128 valence electrons. The number of nitrogens with zero attached hydrogens (tertiary/aromatic N) is 1. The van der Waals surface area contributed by atoms with Gasteiger partial charge in [-0.15, -0.1) is 11.8 Å². The Hall–Kier alpha value is -1.86. The van der Waals surface area contributed by atoms with Crippen LogP contribution in [0.1, 0.15) is 37.1 Å². The number of carbonyl (C=O) groups excluding carboxylic acids is 1. The van der Waals surface area contributed by atoms with Crippen LogP contribution in [0, 0.1) is 12.7 Å². The Bertz CT molecular complexity index is 734. The number of carbonyl (C=O) groups is 1. The van der Waals surface area contributed by atoms with E-state index in [-0.39, 0.29) is 23.8 Å². The summed E-state index contributed by atoms with van der Waals surface area (Å²) in [5, 5.41) is 9.90. The number of thioether (sulfide) groups is 1. The van der Waals surface area contributed by atoms with Crippen LogP contribution in [-0.2, 0) is 4.79 Å². The summed E-state index contributed by atoms with van der Waals surface area (Å²) >= 11 is 1.53. The van der Waals surface area contributed by atoms with E-state index in [1.165, 1.54) is 17.8 Å². The third kappa shape index (κ3) is 3.62. The van der Waals surface area contributed by atoms with Gasteiger partial charge in [0.2, 0.25) is 5.91 Å². The van der Waals surface area contributed by atoms with E-state index >= 15 is 0 Å². The molecule has 7 heteroatoms. The van der Waals surface area contributed by atoms with Crippen LogP contribution in [0.2, 0.25) is 0 Å². The van der Waals surface area contributed by atoms with Gasteiger partial charge in [-0.25, -0.2) is 4.39 Å². The molecule has 5 nitrogen and oxygen atoms in total. The zero-order valence-corrected chi connectivity index (χ0v) is 14.5. The molecule has 3 rings (SSSR count). The van der Waals surface area contributed by atoms with Crippen LogP contribution in [0.15, 0.2) is 33.7 Å². The Morgan fingerprint density at radius 2 is 2.38 bits per heavy atom. The molecule has 1 aromatic heterocycles. The van der Waals surface area contributed by atoms with Crippen LogP contribution in [0.4, 0.5) is 10.2 Å². The van der Waals surface area contributed by atoms with E-state index in [9.17, 15) is 9.18 Å². The van der Waals surface area contributed by atoms with Gasteiger partial charge in [0.25, 0.3) is 0 Å². The average molecular weight is 349 g/mol. The van der Waals surface area contributed by atoms with E-state index < -0.39 is 0 Å². The molecule has 1 aromatic carbocycles. The molecular formula is C17H20FN3O2S. The van der Waals surface area contributed by atoms with Crippen LogP contribution < -0.4 is 10.6 Å². The zero-order chi connectivity index (χ0) is 17.1. The second-order valence-corrected chi connectivity index (χ2v) is 6.89. The van der Waals surface area contributed by atoms with Crippen molar-refractivity contribution in [3.05, 3.63) is 41.4 Å². The summed E-state index contributed by atoms with van der Waals surface area (Å²) in [5.74, 6) is 1.51. The molecule has 0 spiro atoms. The number of anilines is 1. The quantitative estimate of drug-likeness (QED) is 0.862. The van der Waals surface area contributed by atoms with Crippen molar-refractivity contribution in [2.24, 2.45) is 0 Å². The molecular weight excluding hydrogens is 329 g/mol. The van der Waals surface area contributed by atoms with Crippen LogP contribution in [0.25, 0.3) is 0 Å². The van der Waals surface area contributed by atoms with Crippen LogP contribution >= 0.6 is 11.8 Å². The number of rotatable bonds is 5. The van der Waals surface area contributed by atoms with Crippen molar-refractivity contribution in [1.82, 2.24) is 10.5 Å². The number of nitrogens with one attached hydrogen (secondary N) is 2. The Morgan fingerprint density at radius 1 is 1.54 bits per heavy atom. The summed E-state index contributed by atoms with van der Waals surface area (Å²) in [5.41, 5.74) is 0.926. The molecule has 1 amide bonds. The Labute approximate surface area is 144 Å². The van der Waals surface area contributed by atoms with Gasteiger partial charge in [0.15, 0.2) is 5.82 Å². The summed E-state index contributed by atoms with van der Waals surface area (Å²) in [6, 6.07) is 6.37. The Balaban J connectivity index is 1.72. The van der Waals surface area contributed by atoms with E-state index in [0.29, 0.717) is 22.9 Å². The molecule has 1 aliphatic rings. The highest BCUT2D eigenvalue weighted by Gasteiger charge is 2.27. The zero-order valence-electron chi connectivity index (χ0n) is 13.6. The standard InChI is InChI=1S/C17H20FN3O2S/c1-3-13(17(22)20-15-9-10(2)23-21-15)19-14-7-8-24-16-11(14)5-4-6-12(16)18/h4-6,9,13-14,19H,3,7-8H2,1-2H3,(H,20,21,22). The molecule has 0 saturated heterocycles. The van der Waals surface area contributed by atoms with E-state index in [0.717, 1.165) is 17.7 Å². The van der Waals surface area contributed by atoms with Crippen molar-refractivity contribution in [3.8, 4) is 0 Å². The van der Waals surface area contributed by atoms with Gasteiger partial charge in [0.05, 0.1) is 6.04 Å². The lowest BCUT2D eigenvalue weighted by atomic mass is 10.0. The predicted molar refractivity (Wildman–Crippen MR) is 91.6 cm³/mol. The summed E-state index contributed by atoms with van der Waals surface area (Å²) in [6.45, 7) is 3.71. The smallest absolute Gasteiger partial charge is 0.242 e. The topological polar surface area (TPSA) is 67.2 Å². The van der Waals surface area contributed by atoms with Gasteiger partial charge in [-0.05, 0) is 37.1 Å². The molecule has 24 heavy (non-hydrogen) atoms. The molecule has 0 bridgehead atoms. The van der Waals surface area contributed by atoms with Crippen LogP contribution in [0.3, 0.4) is 0 Å². The van der Waals surface area contributed by atoms with Gasteiger partial charge in [0, 0.05) is 17.0 Å². The first-order chi connectivity index (χ1) is 11.6. The second-order valence-electron chi connectivity index (χ2n) is 5.79. The molecule has 0 saturated carbocycles. The van der Waals surface area contributed by atoms with Crippen molar-refractivity contribution >= 4 is 23.5 Å².